The number of fused-ring (bicyclic) bond motifs is 2. The number of hydrogen-bond donors (Lipinski definition) is 0. The van der Waals surface area contributed by atoms with E-state index in [1.165, 1.54) is 0 Å². The Balaban J connectivity index is 1.49. The summed E-state index contributed by atoms with van der Waals surface area (Å²) in [5, 5.41) is 0. The predicted molar refractivity (Wildman–Crippen MR) is 108 cm³/mol. The highest BCUT2D eigenvalue weighted by Gasteiger charge is 2.45. The molecule has 2 fully saturated rings. The number of benzene rings is 2. The van der Waals surface area contributed by atoms with Crippen LogP contribution in [0.15, 0.2) is 48.5 Å². The van der Waals surface area contributed by atoms with E-state index in [9.17, 15) is 27.2 Å². The molecule has 2 unspecified atom stereocenters. The number of carbonyl (C=O) groups excluding carboxylic acids is 2. The maximum atomic E-state index is 13.4. The maximum absolute atomic E-state index is 13.4. The minimum Gasteiger partial charge on any atom is -0.445 e. The summed E-state index contributed by atoms with van der Waals surface area (Å²) >= 11 is 0. The third kappa shape index (κ3) is 4.64. The second kappa shape index (κ2) is 8.92. The van der Waals surface area contributed by atoms with E-state index in [0.717, 1.165) is 24.1 Å². The fourth-order valence-electron chi connectivity index (χ4n) is 4.87. The fraction of sp³-hybridized carbons (Fsp3) is 0.417. The summed E-state index contributed by atoms with van der Waals surface area (Å²) in [6.45, 7) is 0.127. The van der Waals surface area contributed by atoms with Crippen LogP contribution in [0.2, 0.25) is 0 Å². The largest absolute Gasteiger partial charge is 0.445 e. The smallest absolute Gasteiger partial charge is 0.417 e. The minimum absolute atomic E-state index is 0.127. The first-order chi connectivity index (χ1) is 15.2. The average Bonchev–Trinajstić information content (AvgIpc) is 2.76. The zero-order valence-corrected chi connectivity index (χ0v) is 17.3. The van der Waals surface area contributed by atoms with Gasteiger partial charge in [0.15, 0.2) is 5.78 Å². The number of halogens is 4. The Morgan fingerprint density at radius 2 is 1.66 bits per heavy atom. The number of Topliss-reactive ketones (excluding diaryl/α,β-unsaturated/α-hetero) is 1. The van der Waals surface area contributed by atoms with Crippen molar-refractivity contribution in [2.45, 2.75) is 57.0 Å². The molecule has 4 rings (SSSR count). The van der Waals surface area contributed by atoms with Crippen LogP contribution in [-0.2, 0) is 17.5 Å². The van der Waals surface area contributed by atoms with Crippen molar-refractivity contribution in [3.05, 3.63) is 71.0 Å². The lowest BCUT2D eigenvalue weighted by Gasteiger charge is -2.47. The highest BCUT2D eigenvalue weighted by molar-refractivity contribution is 5.99. The molecule has 0 spiro atoms. The third-order valence-electron chi connectivity index (χ3n) is 6.31. The second-order valence-corrected chi connectivity index (χ2v) is 8.41. The number of rotatable bonds is 4. The molecule has 0 saturated carbocycles. The van der Waals surface area contributed by atoms with E-state index in [-0.39, 0.29) is 31.5 Å². The van der Waals surface area contributed by atoms with Gasteiger partial charge in [-0.1, -0.05) is 30.3 Å². The van der Waals surface area contributed by atoms with Crippen LogP contribution in [-0.4, -0.2) is 28.9 Å². The van der Waals surface area contributed by atoms with Crippen LogP contribution >= 0.6 is 0 Å². The Labute approximate surface area is 183 Å². The summed E-state index contributed by atoms with van der Waals surface area (Å²) in [4.78, 5) is 27.5. The van der Waals surface area contributed by atoms with Crippen molar-refractivity contribution < 1.29 is 31.9 Å². The predicted octanol–water partition coefficient (Wildman–Crippen LogP) is 6.00. The van der Waals surface area contributed by atoms with Crippen molar-refractivity contribution in [2.24, 2.45) is 5.92 Å². The van der Waals surface area contributed by atoms with E-state index >= 15 is 0 Å². The summed E-state index contributed by atoms with van der Waals surface area (Å²) in [5.41, 5.74) is -0.911. The summed E-state index contributed by atoms with van der Waals surface area (Å²) in [6.07, 6.45) is -2.55. The first kappa shape index (κ1) is 22.3. The van der Waals surface area contributed by atoms with Gasteiger partial charge in [-0.3, -0.25) is 4.79 Å². The molecule has 4 nitrogen and oxygen atoms in total. The van der Waals surface area contributed by atoms with Crippen molar-refractivity contribution >= 4 is 11.9 Å². The first-order valence-corrected chi connectivity index (χ1v) is 10.6. The Morgan fingerprint density at radius 3 is 2.28 bits per heavy atom. The Bertz CT molecular complexity index is 978. The lowest BCUT2D eigenvalue weighted by molar-refractivity contribution is -0.138. The number of piperidine rings is 2. The van der Waals surface area contributed by atoms with Crippen LogP contribution in [0, 0.1) is 11.7 Å². The zero-order valence-electron chi connectivity index (χ0n) is 17.3. The number of hydrogen-bond acceptors (Lipinski definition) is 3. The van der Waals surface area contributed by atoms with Gasteiger partial charge in [-0.2, -0.15) is 13.2 Å². The van der Waals surface area contributed by atoms with Gasteiger partial charge in [-0.15, -0.1) is 0 Å². The van der Waals surface area contributed by atoms with Gasteiger partial charge in [0, 0.05) is 23.6 Å². The van der Waals surface area contributed by atoms with Crippen molar-refractivity contribution in [2.75, 3.05) is 0 Å². The minimum atomic E-state index is -4.83. The van der Waals surface area contributed by atoms with Crippen molar-refractivity contribution in [1.82, 2.24) is 4.90 Å². The van der Waals surface area contributed by atoms with Gasteiger partial charge in [-0.25, -0.2) is 9.18 Å². The molecule has 0 N–H and O–H groups in total. The van der Waals surface area contributed by atoms with Crippen LogP contribution in [0.4, 0.5) is 22.4 Å². The third-order valence-corrected chi connectivity index (χ3v) is 6.31. The summed E-state index contributed by atoms with van der Waals surface area (Å²) in [5.74, 6) is -2.34. The number of carbonyl (C=O) groups is 2. The van der Waals surface area contributed by atoms with Crippen molar-refractivity contribution in [3.8, 4) is 0 Å². The molecule has 1 amide bonds. The molecule has 2 aromatic rings. The normalized spacial score (nSPS) is 23.0. The van der Waals surface area contributed by atoms with E-state index in [4.69, 9.17) is 4.74 Å². The molecule has 2 bridgehead atoms. The number of ether oxygens (including phenoxy) is 1. The fourth-order valence-corrected chi connectivity index (χ4v) is 4.87. The van der Waals surface area contributed by atoms with Crippen LogP contribution in [0.25, 0.3) is 0 Å². The molecule has 170 valence electrons. The molecule has 2 aliphatic rings. The molecular formula is C24H23F4NO3. The van der Waals surface area contributed by atoms with E-state index in [0.29, 0.717) is 18.9 Å². The van der Waals surface area contributed by atoms with Crippen LogP contribution < -0.4 is 0 Å². The summed E-state index contributed by atoms with van der Waals surface area (Å²) in [7, 11) is 0. The van der Waals surface area contributed by atoms with E-state index in [1.807, 2.05) is 30.3 Å². The lowest BCUT2D eigenvalue weighted by atomic mass is 9.75. The van der Waals surface area contributed by atoms with Crippen LogP contribution in [0.1, 0.15) is 53.6 Å². The van der Waals surface area contributed by atoms with Gasteiger partial charge in [0.05, 0.1) is 5.56 Å². The molecule has 0 aromatic heterocycles. The van der Waals surface area contributed by atoms with Gasteiger partial charge in [0.2, 0.25) is 0 Å². The van der Waals surface area contributed by atoms with E-state index < -0.39 is 40.9 Å². The second-order valence-electron chi connectivity index (χ2n) is 8.41. The topological polar surface area (TPSA) is 46.6 Å². The Morgan fingerprint density at radius 1 is 1.00 bits per heavy atom. The molecule has 2 aliphatic heterocycles. The summed E-state index contributed by atoms with van der Waals surface area (Å²) in [6, 6.07) is 10.9. The molecular weight excluding hydrogens is 426 g/mol. The molecule has 2 aromatic carbocycles. The molecule has 2 saturated heterocycles. The van der Waals surface area contributed by atoms with Gasteiger partial charge in [0.1, 0.15) is 12.4 Å². The molecule has 2 heterocycles. The number of amides is 1. The monoisotopic (exact) mass is 449 g/mol. The highest BCUT2D eigenvalue weighted by Crippen LogP contribution is 2.40. The molecule has 0 radical (unpaired) electrons. The van der Waals surface area contributed by atoms with E-state index in [2.05, 4.69) is 0 Å². The number of nitrogens with zero attached hydrogens (tertiary/aromatic N) is 1. The number of ketones is 1. The number of alkyl halides is 3. The maximum Gasteiger partial charge on any atom is 0.417 e. The quantitative estimate of drug-likeness (QED) is 0.425. The van der Waals surface area contributed by atoms with Gasteiger partial charge >= 0.3 is 12.3 Å². The standard InChI is InChI=1S/C24H23F4NO3/c25-17-9-10-20(21(13-17)24(26,27)28)22(30)16-11-18-7-4-8-19(12-16)29(18)23(31)32-14-15-5-2-1-3-6-15/h1-3,5-6,9-10,13,16,18-19H,4,7-8,11-12,14H2. The summed E-state index contributed by atoms with van der Waals surface area (Å²) < 4.78 is 59.1. The molecule has 0 aliphatic carbocycles. The molecule has 8 heteroatoms. The van der Waals surface area contributed by atoms with E-state index in [1.54, 1.807) is 4.90 Å². The molecule has 2 atom stereocenters. The van der Waals surface area contributed by atoms with Crippen molar-refractivity contribution in [3.63, 3.8) is 0 Å². The van der Waals surface area contributed by atoms with Gasteiger partial charge in [0.25, 0.3) is 0 Å². The Kier molecular flexibility index (Phi) is 6.22. The zero-order chi connectivity index (χ0) is 22.9. The Hall–Kier alpha value is -2.90. The van der Waals surface area contributed by atoms with Gasteiger partial charge < -0.3 is 9.64 Å². The first-order valence-electron chi connectivity index (χ1n) is 10.6. The SMILES string of the molecule is O=C(c1ccc(F)cc1C(F)(F)F)C1CC2CCCC(C1)N2C(=O)OCc1ccccc1. The average molecular weight is 449 g/mol. The van der Waals surface area contributed by atoms with Crippen LogP contribution in [0.3, 0.4) is 0 Å². The lowest BCUT2D eigenvalue weighted by Crippen LogP contribution is -2.55. The van der Waals surface area contributed by atoms with Crippen molar-refractivity contribution in [1.29, 1.82) is 0 Å². The van der Waals surface area contributed by atoms with Gasteiger partial charge in [-0.05, 0) is 55.9 Å². The van der Waals surface area contributed by atoms with Crippen LogP contribution in [0.5, 0.6) is 0 Å². The molecule has 32 heavy (non-hydrogen) atoms. The highest BCUT2D eigenvalue weighted by atomic mass is 19.4.